The molecule has 0 saturated carbocycles. The van der Waals surface area contributed by atoms with Crippen LogP contribution < -0.4 is 20.9 Å². The Morgan fingerprint density at radius 3 is 2.72 bits per heavy atom. The molecule has 3 N–H and O–H groups in total. The SMILES string of the molecule is CCNC(=S)NNC(=O)COc1ccccc1C. The van der Waals surface area contributed by atoms with Gasteiger partial charge in [-0.2, -0.15) is 0 Å². The lowest BCUT2D eigenvalue weighted by molar-refractivity contribution is -0.123. The number of nitrogens with one attached hydrogen (secondary N) is 3. The van der Waals surface area contributed by atoms with E-state index in [9.17, 15) is 4.79 Å². The van der Waals surface area contributed by atoms with Crippen LogP contribution in [0.15, 0.2) is 24.3 Å². The molecule has 0 spiro atoms. The summed E-state index contributed by atoms with van der Waals surface area (Å²) in [6, 6.07) is 7.52. The number of thiocarbonyl (C=S) groups is 1. The van der Waals surface area contributed by atoms with Gasteiger partial charge in [-0.3, -0.25) is 15.6 Å². The third-order valence-electron chi connectivity index (χ3n) is 2.11. The highest BCUT2D eigenvalue weighted by Crippen LogP contribution is 2.15. The molecule has 6 heteroatoms. The normalized spacial score (nSPS) is 9.44. The van der Waals surface area contributed by atoms with Gasteiger partial charge in [0.1, 0.15) is 5.75 Å². The summed E-state index contributed by atoms with van der Waals surface area (Å²) in [6.07, 6.45) is 0. The molecule has 1 aromatic carbocycles. The van der Waals surface area contributed by atoms with Gasteiger partial charge in [0.25, 0.3) is 5.91 Å². The molecule has 0 aliphatic heterocycles. The van der Waals surface area contributed by atoms with Gasteiger partial charge in [-0.05, 0) is 37.7 Å². The van der Waals surface area contributed by atoms with E-state index in [1.165, 1.54) is 0 Å². The van der Waals surface area contributed by atoms with Crippen LogP contribution in [-0.4, -0.2) is 24.2 Å². The molecule has 1 amide bonds. The summed E-state index contributed by atoms with van der Waals surface area (Å²) in [4.78, 5) is 11.5. The maximum absolute atomic E-state index is 11.5. The average molecular weight is 267 g/mol. The molecule has 1 aromatic rings. The minimum absolute atomic E-state index is 0.0629. The van der Waals surface area contributed by atoms with Crippen molar-refractivity contribution in [2.75, 3.05) is 13.2 Å². The van der Waals surface area contributed by atoms with Gasteiger partial charge in [0.15, 0.2) is 11.7 Å². The molecule has 0 aromatic heterocycles. The van der Waals surface area contributed by atoms with E-state index < -0.39 is 0 Å². The van der Waals surface area contributed by atoms with E-state index in [1.807, 2.05) is 38.1 Å². The van der Waals surface area contributed by atoms with Crippen LogP contribution in [-0.2, 0) is 4.79 Å². The zero-order valence-electron chi connectivity index (χ0n) is 10.4. The predicted octanol–water partition coefficient (Wildman–Crippen LogP) is 0.889. The molecule has 0 heterocycles. The van der Waals surface area contributed by atoms with Crippen LogP contribution >= 0.6 is 12.2 Å². The molecule has 1 rings (SSSR count). The Kier molecular flexibility index (Phi) is 5.93. The van der Waals surface area contributed by atoms with Crippen molar-refractivity contribution >= 4 is 23.2 Å². The topological polar surface area (TPSA) is 62.4 Å². The molecule has 0 aliphatic carbocycles. The summed E-state index contributed by atoms with van der Waals surface area (Å²) in [7, 11) is 0. The number of ether oxygens (including phenoxy) is 1. The summed E-state index contributed by atoms with van der Waals surface area (Å²) >= 11 is 4.89. The third-order valence-corrected chi connectivity index (χ3v) is 2.35. The standard InChI is InChI=1S/C12H17N3O2S/c1-3-13-12(18)15-14-11(16)8-17-10-7-5-4-6-9(10)2/h4-7H,3,8H2,1-2H3,(H,14,16)(H2,13,15,18). The average Bonchev–Trinajstić information content (AvgIpc) is 2.36. The highest BCUT2D eigenvalue weighted by atomic mass is 32.1. The van der Waals surface area contributed by atoms with Crippen LogP contribution in [0.5, 0.6) is 5.75 Å². The Labute approximate surface area is 112 Å². The van der Waals surface area contributed by atoms with Gasteiger partial charge in [0, 0.05) is 6.54 Å². The Hall–Kier alpha value is -1.82. The molecule has 0 atom stereocenters. The van der Waals surface area contributed by atoms with Crippen molar-refractivity contribution in [3.05, 3.63) is 29.8 Å². The van der Waals surface area contributed by atoms with E-state index in [-0.39, 0.29) is 12.5 Å². The van der Waals surface area contributed by atoms with Crippen LogP contribution in [0.25, 0.3) is 0 Å². The van der Waals surface area contributed by atoms with Gasteiger partial charge in [-0.15, -0.1) is 0 Å². The quantitative estimate of drug-likeness (QED) is 0.558. The van der Waals surface area contributed by atoms with E-state index in [0.29, 0.717) is 17.4 Å². The Balaban J connectivity index is 2.29. The van der Waals surface area contributed by atoms with Gasteiger partial charge >= 0.3 is 0 Å². The number of hydrogen-bond donors (Lipinski definition) is 3. The van der Waals surface area contributed by atoms with Crippen LogP contribution in [0.3, 0.4) is 0 Å². The van der Waals surface area contributed by atoms with Gasteiger partial charge in [-0.1, -0.05) is 18.2 Å². The van der Waals surface area contributed by atoms with Crippen molar-refractivity contribution in [3.8, 4) is 5.75 Å². The lowest BCUT2D eigenvalue weighted by Crippen LogP contribution is -2.48. The molecule has 0 aliphatic rings. The Morgan fingerprint density at radius 1 is 1.33 bits per heavy atom. The predicted molar refractivity (Wildman–Crippen MR) is 74.2 cm³/mol. The maximum Gasteiger partial charge on any atom is 0.276 e. The first-order valence-electron chi connectivity index (χ1n) is 5.64. The molecular weight excluding hydrogens is 250 g/mol. The number of hydrogen-bond acceptors (Lipinski definition) is 3. The second-order valence-corrected chi connectivity index (χ2v) is 4.00. The Morgan fingerprint density at radius 2 is 2.06 bits per heavy atom. The molecule has 0 saturated heterocycles. The summed E-state index contributed by atoms with van der Waals surface area (Å²) in [5.41, 5.74) is 6.00. The second-order valence-electron chi connectivity index (χ2n) is 3.59. The fourth-order valence-electron chi connectivity index (χ4n) is 1.23. The number of aryl methyl sites for hydroxylation is 1. The van der Waals surface area contributed by atoms with Crippen molar-refractivity contribution in [2.45, 2.75) is 13.8 Å². The highest BCUT2D eigenvalue weighted by molar-refractivity contribution is 7.80. The van der Waals surface area contributed by atoms with Crippen LogP contribution in [0.2, 0.25) is 0 Å². The van der Waals surface area contributed by atoms with Gasteiger partial charge in [-0.25, -0.2) is 0 Å². The van der Waals surface area contributed by atoms with Crippen molar-refractivity contribution in [1.82, 2.24) is 16.2 Å². The van der Waals surface area contributed by atoms with Crippen LogP contribution in [0, 0.1) is 6.92 Å². The van der Waals surface area contributed by atoms with Crippen LogP contribution in [0.1, 0.15) is 12.5 Å². The number of carbonyl (C=O) groups is 1. The number of hydrazine groups is 1. The summed E-state index contributed by atoms with van der Waals surface area (Å²) in [5, 5.41) is 3.23. The number of carbonyl (C=O) groups excluding carboxylic acids is 1. The number of benzene rings is 1. The van der Waals surface area contributed by atoms with Crippen LogP contribution in [0.4, 0.5) is 0 Å². The van der Waals surface area contributed by atoms with Gasteiger partial charge in [0.05, 0.1) is 0 Å². The number of para-hydroxylation sites is 1. The third kappa shape index (κ3) is 5.01. The molecule has 0 fully saturated rings. The minimum atomic E-state index is -0.293. The molecule has 0 unspecified atom stereocenters. The van der Waals surface area contributed by atoms with E-state index in [2.05, 4.69) is 16.2 Å². The van der Waals surface area contributed by atoms with E-state index >= 15 is 0 Å². The summed E-state index contributed by atoms with van der Waals surface area (Å²) in [5.74, 6) is 0.403. The smallest absolute Gasteiger partial charge is 0.276 e. The minimum Gasteiger partial charge on any atom is -0.483 e. The Bertz CT molecular complexity index is 424. The lowest BCUT2D eigenvalue weighted by atomic mass is 10.2. The first-order chi connectivity index (χ1) is 8.63. The monoisotopic (exact) mass is 267 g/mol. The molecule has 98 valence electrons. The fraction of sp³-hybridized carbons (Fsp3) is 0.333. The summed E-state index contributed by atoms with van der Waals surface area (Å²) < 4.78 is 5.38. The van der Waals surface area contributed by atoms with Crippen molar-refractivity contribution < 1.29 is 9.53 Å². The van der Waals surface area contributed by atoms with Crippen molar-refractivity contribution in [3.63, 3.8) is 0 Å². The van der Waals surface area contributed by atoms with E-state index in [0.717, 1.165) is 5.56 Å². The molecular formula is C12H17N3O2S. The van der Waals surface area contributed by atoms with Gasteiger partial charge < -0.3 is 10.1 Å². The zero-order valence-corrected chi connectivity index (χ0v) is 11.3. The van der Waals surface area contributed by atoms with E-state index in [4.69, 9.17) is 17.0 Å². The molecule has 0 bridgehead atoms. The fourth-order valence-corrected chi connectivity index (χ4v) is 1.42. The van der Waals surface area contributed by atoms with E-state index in [1.54, 1.807) is 0 Å². The van der Waals surface area contributed by atoms with Crippen molar-refractivity contribution in [1.29, 1.82) is 0 Å². The molecule has 0 radical (unpaired) electrons. The summed E-state index contributed by atoms with van der Waals surface area (Å²) in [6.45, 7) is 4.47. The number of amides is 1. The first kappa shape index (κ1) is 14.2. The molecule has 18 heavy (non-hydrogen) atoms. The number of rotatable bonds is 4. The maximum atomic E-state index is 11.5. The highest BCUT2D eigenvalue weighted by Gasteiger charge is 2.04. The first-order valence-corrected chi connectivity index (χ1v) is 6.05. The lowest BCUT2D eigenvalue weighted by Gasteiger charge is -2.11. The van der Waals surface area contributed by atoms with Crippen molar-refractivity contribution in [2.24, 2.45) is 0 Å². The molecule has 5 nitrogen and oxygen atoms in total. The van der Waals surface area contributed by atoms with Gasteiger partial charge in [0.2, 0.25) is 0 Å². The largest absolute Gasteiger partial charge is 0.483 e. The zero-order chi connectivity index (χ0) is 13.4. The second kappa shape index (κ2) is 7.50.